The van der Waals surface area contributed by atoms with Crippen LogP contribution in [0.15, 0.2) is 65.6 Å². The van der Waals surface area contributed by atoms with Crippen molar-refractivity contribution in [3.8, 4) is 0 Å². The summed E-state index contributed by atoms with van der Waals surface area (Å²) in [5, 5.41) is 3.41. The quantitative estimate of drug-likeness (QED) is 0.422. The number of amides is 1. The minimum Gasteiger partial charge on any atom is -0.324 e. The standard InChI is InChI=1S/C25H26Cl2N2O3S/c1-17-13-18(2)25(19(3)14-17)33(31,32)29(12-11-20-7-5-4-6-8-20)16-24(30)28-23-15-21(26)9-10-22(23)27/h4-10,13-15H,11-12,16H2,1-3H3,(H,28,30). The van der Waals surface area contributed by atoms with Crippen molar-refractivity contribution in [1.29, 1.82) is 0 Å². The molecule has 0 saturated carbocycles. The third-order valence-corrected chi connectivity index (χ3v) is 7.93. The van der Waals surface area contributed by atoms with E-state index >= 15 is 0 Å². The van der Waals surface area contributed by atoms with Crippen LogP contribution in [0.5, 0.6) is 0 Å². The van der Waals surface area contributed by atoms with Crippen molar-refractivity contribution in [2.75, 3.05) is 18.4 Å². The highest BCUT2D eigenvalue weighted by atomic mass is 35.5. The molecule has 0 fully saturated rings. The molecule has 0 saturated heterocycles. The molecular formula is C25H26Cl2N2O3S. The SMILES string of the molecule is Cc1cc(C)c(S(=O)(=O)N(CCc2ccccc2)CC(=O)Nc2cc(Cl)ccc2Cl)c(C)c1. The van der Waals surface area contributed by atoms with Gasteiger partial charge in [0.2, 0.25) is 15.9 Å². The predicted octanol–water partition coefficient (Wildman–Crippen LogP) is 5.79. The molecule has 3 aromatic rings. The van der Waals surface area contributed by atoms with E-state index in [1.165, 1.54) is 10.4 Å². The number of nitrogens with one attached hydrogen (secondary N) is 1. The molecule has 3 rings (SSSR count). The highest BCUT2D eigenvalue weighted by Gasteiger charge is 2.29. The molecule has 8 heteroatoms. The van der Waals surface area contributed by atoms with E-state index in [0.29, 0.717) is 33.3 Å². The normalized spacial score (nSPS) is 11.6. The number of hydrogen-bond donors (Lipinski definition) is 1. The number of carbonyl (C=O) groups is 1. The first-order chi connectivity index (χ1) is 15.6. The molecule has 0 aliphatic heterocycles. The van der Waals surface area contributed by atoms with Gasteiger partial charge in [-0.25, -0.2) is 8.42 Å². The Morgan fingerprint density at radius 1 is 0.939 bits per heavy atom. The minimum absolute atomic E-state index is 0.149. The molecular weight excluding hydrogens is 479 g/mol. The molecule has 33 heavy (non-hydrogen) atoms. The van der Waals surface area contributed by atoms with Crippen molar-refractivity contribution in [3.63, 3.8) is 0 Å². The average Bonchev–Trinajstić information content (AvgIpc) is 2.73. The molecule has 0 heterocycles. The number of anilines is 1. The van der Waals surface area contributed by atoms with Gasteiger partial charge >= 0.3 is 0 Å². The van der Waals surface area contributed by atoms with Gasteiger partial charge in [0.25, 0.3) is 0 Å². The lowest BCUT2D eigenvalue weighted by Gasteiger charge is -2.24. The molecule has 0 bridgehead atoms. The van der Waals surface area contributed by atoms with Crippen molar-refractivity contribution in [1.82, 2.24) is 4.31 Å². The first-order valence-electron chi connectivity index (χ1n) is 10.4. The molecule has 1 amide bonds. The molecule has 0 radical (unpaired) electrons. The largest absolute Gasteiger partial charge is 0.324 e. The van der Waals surface area contributed by atoms with Crippen molar-refractivity contribution in [2.24, 2.45) is 0 Å². The lowest BCUT2D eigenvalue weighted by atomic mass is 10.1. The van der Waals surface area contributed by atoms with Gasteiger partial charge in [-0.05, 0) is 62.1 Å². The maximum atomic E-state index is 13.7. The van der Waals surface area contributed by atoms with Crippen LogP contribution < -0.4 is 5.32 Å². The van der Waals surface area contributed by atoms with E-state index in [9.17, 15) is 13.2 Å². The molecule has 0 unspecified atom stereocenters. The van der Waals surface area contributed by atoms with E-state index in [2.05, 4.69) is 5.32 Å². The molecule has 174 valence electrons. The second-order valence-electron chi connectivity index (χ2n) is 7.97. The zero-order chi connectivity index (χ0) is 24.2. The summed E-state index contributed by atoms with van der Waals surface area (Å²) in [7, 11) is -3.94. The molecule has 0 aliphatic rings. The topological polar surface area (TPSA) is 66.5 Å². The first-order valence-corrected chi connectivity index (χ1v) is 12.6. The predicted molar refractivity (Wildman–Crippen MR) is 135 cm³/mol. The minimum atomic E-state index is -3.94. The van der Waals surface area contributed by atoms with E-state index in [4.69, 9.17) is 23.2 Å². The third kappa shape index (κ3) is 6.36. The Kier molecular flexibility index (Phi) is 8.19. The summed E-state index contributed by atoms with van der Waals surface area (Å²) in [6.07, 6.45) is 0.467. The van der Waals surface area contributed by atoms with E-state index < -0.39 is 15.9 Å². The van der Waals surface area contributed by atoms with Gasteiger partial charge in [0.05, 0.1) is 22.2 Å². The zero-order valence-corrected chi connectivity index (χ0v) is 21.1. The Bertz CT molecular complexity index is 1240. The van der Waals surface area contributed by atoms with Gasteiger partial charge in [-0.3, -0.25) is 4.79 Å². The molecule has 0 aromatic heterocycles. The monoisotopic (exact) mass is 504 g/mol. The van der Waals surface area contributed by atoms with Crippen LogP contribution in [0.1, 0.15) is 22.3 Å². The number of hydrogen-bond acceptors (Lipinski definition) is 3. The summed E-state index contributed by atoms with van der Waals surface area (Å²) in [4.78, 5) is 13.1. The van der Waals surface area contributed by atoms with Crippen LogP contribution in [-0.4, -0.2) is 31.7 Å². The molecule has 0 atom stereocenters. The summed E-state index contributed by atoms with van der Waals surface area (Å²) in [5.41, 5.74) is 3.59. The number of aryl methyl sites for hydroxylation is 3. The Morgan fingerprint density at radius 3 is 2.21 bits per heavy atom. The van der Waals surface area contributed by atoms with Crippen LogP contribution in [0.25, 0.3) is 0 Å². The summed E-state index contributed by atoms with van der Waals surface area (Å²) in [6, 6.07) is 17.9. The van der Waals surface area contributed by atoms with E-state index in [1.807, 2.05) is 49.4 Å². The van der Waals surface area contributed by atoms with Crippen LogP contribution in [0.2, 0.25) is 10.0 Å². The van der Waals surface area contributed by atoms with Crippen molar-refractivity contribution < 1.29 is 13.2 Å². The average molecular weight is 505 g/mol. The number of sulfonamides is 1. The van der Waals surface area contributed by atoms with Crippen molar-refractivity contribution in [3.05, 3.63) is 93.0 Å². The Labute approximate surface area is 205 Å². The van der Waals surface area contributed by atoms with Crippen molar-refractivity contribution in [2.45, 2.75) is 32.1 Å². The Balaban J connectivity index is 1.92. The highest BCUT2D eigenvalue weighted by molar-refractivity contribution is 7.89. The molecule has 1 N–H and O–H groups in total. The van der Waals surface area contributed by atoms with Gasteiger partial charge in [-0.1, -0.05) is 71.2 Å². The fraction of sp³-hybridized carbons (Fsp3) is 0.240. The van der Waals surface area contributed by atoms with E-state index in [1.54, 1.807) is 26.0 Å². The van der Waals surface area contributed by atoms with Gasteiger partial charge in [0.1, 0.15) is 0 Å². The van der Waals surface area contributed by atoms with Crippen LogP contribution in [0.4, 0.5) is 5.69 Å². The lowest BCUT2D eigenvalue weighted by Crippen LogP contribution is -2.40. The maximum absolute atomic E-state index is 13.7. The van der Waals surface area contributed by atoms with Gasteiger partial charge in [0.15, 0.2) is 0 Å². The number of benzene rings is 3. The van der Waals surface area contributed by atoms with Gasteiger partial charge < -0.3 is 5.32 Å². The highest BCUT2D eigenvalue weighted by Crippen LogP contribution is 2.27. The summed E-state index contributed by atoms with van der Waals surface area (Å²) >= 11 is 12.2. The zero-order valence-electron chi connectivity index (χ0n) is 18.7. The number of carbonyl (C=O) groups excluding carboxylic acids is 1. The van der Waals surface area contributed by atoms with E-state index in [-0.39, 0.29) is 18.0 Å². The first kappa shape index (κ1) is 25.2. The van der Waals surface area contributed by atoms with Crippen molar-refractivity contribution >= 4 is 44.8 Å². The molecule has 0 spiro atoms. The third-order valence-electron chi connectivity index (χ3n) is 5.22. The number of halogens is 2. The number of nitrogens with zero attached hydrogens (tertiary/aromatic N) is 1. The van der Waals surface area contributed by atoms with Crippen LogP contribution in [0, 0.1) is 20.8 Å². The van der Waals surface area contributed by atoms with Crippen LogP contribution >= 0.6 is 23.2 Å². The molecule has 0 aliphatic carbocycles. The fourth-order valence-corrected chi connectivity index (χ4v) is 5.97. The Hall–Kier alpha value is -2.38. The second-order valence-corrected chi connectivity index (χ2v) is 10.7. The van der Waals surface area contributed by atoms with Gasteiger partial charge in [0, 0.05) is 11.6 Å². The lowest BCUT2D eigenvalue weighted by molar-refractivity contribution is -0.116. The Morgan fingerprint density at radius 2 is 1.58 bits per heavy atom. The number of rotatable bonds is 8. The summed E-state index contributed by atoms with van der Waals surface area (Å²) in [6.45, 7) is 5.26. The molecule has 3 aromatic carbocycles. The maximum Gasteiger partial charge on any atom is 0.244 e. The smallest absolute Gasteiger partial charge is 0.244 e. The summed E-state index contributed by atoms with van der Waals surface area (Å²) < 4.78 is 28.6. The second kappa shape index (κ2) is 10.7. The summed E-state index contributed by atoms with van der Waals surface area (Å²) in [5.74, 6) is -0.502. The van der Waals surface area contributed by atoms with Crippen LogP contribution in [0.3, 0.4) is 0 Å². The van der Waals surface area contributed by atoms with Gasteiger partial charge in [-0.15, -0.1) is 0 Å². The fourth-order valence-electron chi connectivity index (χ4n) is 3.83. The van der Waals surface area contributed by atoms with Crippen LogP contribution in [-0.2, 0) is 21.2 Å². The molecule has 5 nitrogen and oxygen atoms in total. The van der Waals surface area contributed by atoms with Gasteiger partial charge in [-0.2, -0.15) is 4.31 Å². The van der Waals surface area contributed by atoms with E-state index in [0.717, 1.165) is 11.1 Å².